The number of carboxylic acids is 1. The maximum atomic E-state index is 10.8. The molecule has 90 valence electrons. The summed E-state index contributed by atoms with van der Waals surface area (Å²) in [5, 5.41) is 27.3. The van der Waals surface area contributed by atoms with Gasteiger partial charge in [-0.1, -0.05) is 6.07 Å². The molecule has 0 heterocycles. The van der Waals surface area contributed by atoms with Crippen molar-refractivity contribution in [1.29, 1.82) is 0 Å². The van der Waals surface area contributed by atoms with Gasteiger partial charge in [0.2, 0.25) is 0 Å². The predicted molar refractivity (Wildman–Crippen MR) is 61.1 cm³/mol. The van der Waals surface area contributed by atoms with E-state index in [1.165, 1.54) is 6.07 Å². The molecular formula is C10H14ClNO4. The lowest BCUT2D eigenvalue weighted by Crippen LogP contribution is -2.16. The van der Waals surface area contributed by atoms with Crippen LogP contribution < -0.4 is 5.73 Å². The molecule has 0 fully saturated rings. The van der Waals surface area contributed by atoms with Crippen molar-refractivity contribution in [3.05, 3.63) is 28.8 Å². The Kier molecular flexibility index (Phi) is 5.23. The second-order valence-corrected chi connectivity index (χ2v) is 3.34. The van der Waals surface area contributed by atoms with Crippen LogP contribution in [0.3, 0.4) is 0 Å². The summed E-state index contributed by atoms with van der Waals surface area (Å²) in [5.74, 6) is -1.60. The molecule has 0 radical (unpaired) electrons. The molecule has 0 unspecified atom stereocenters. The van der Waals surface area contributed by atoms with Gasteiger partial charge in [-0.3, -0.25) is 0 Å². The summed E-state index contributed by atoms with van der Waals surface area (Å²) in [4.78, 5) is 10.8. The van der Waals surface area contributed by atoms with E-state index in [-0.39, 0.29) is 35.9 Å². The van der Waals surface area contributed by atoms with Crippen LogP contribution in [0.25, 0.3) is 0 Å². The van der Waals surface area contributed by atoms with Crippen LogP contribution in [0.2, 0.25) is 0 Å². The zero-order valence-electron chi connectivity index (χ0n) is 8.67. The number of phenols is 1. The summed E-state index contributed by atoms with van der Waals surface area (Å²) in [6.07, 6.45) is 0. The average Bonchev–Trinajstić information content (AvgIpc) is 2.19. The van der Waals surface area contributed by atoms with Crippen LogP contribution in [-0.2, 0) is 0 Å². The molecule has 1 aromatic rings. The summed E-state index contributed by atoms with van der Waals surface area (Å²) >= 11 is 0. The van der Waals surface area contributed by atoms with E-state index in [2.05, 4.69) is 0 Å². The van der Waals surface area contributed by atoms with Crippen molar-refractivity contribution in [3.8, 4) is 5.75 Å². The summed E-state index contributed by atoms with van der Waals surface area (Å²) < 4.78 is 0. The van der Waals surface area contributed by atoms with E-state index in [1.54, 1.807) is 13.0 Å². The number of rotatable bonds is 3. The summed E-state index contributed by atoms with van der Waals surface area (Å²) in [7, 11) is 0. The number of carboxylic acid groups (broad SMARTS) is 1. The quantitative estimate of drug-likeness (QED) is 0.633. The lowest BCUT2D eigenvalue weighted by atomic mass is 10.00. The highest BCUT2D eigenvalue weighted by molar-refractivity contribution is 5.91. The lowest BCUT2D eigenvalue weighted by Gasteiger charge is -2.13. The molecule has 1 rings (SSSR count). The van der Waals surface area contributed by atoms with Crippen LogP contribution >= 0.6 is 12.4 Å². The first-order valence-corrected chi connectivity index (χ1v) is 4.40. The maximum Gasteiger partial charge on any atom is 0.339 e. The molecule has 16 heavy (non-hydrogen) atoms. The molecule has 0 aliphatic rings. The Morgan fingerprint density at radius 1 is 1.50 bits per heavy atom. The van der Waals surface area contributed by atoms with Gasteiger partial charge in [0.15, 0.2) is 0 Å². The molecular weight excluding hydrogens is 234 g/mol. The second kappa shape index (κ2) is 5.69. The summed E-state index contributed by atoms with van der Waals surface area (Å²) in [6.45, 7) is 1.34. The number of aromatic hydroxyl groups is 1. The van der Waals surface area contributed by atoms with Gasteiger partial charge in [-0.15, -0.1) is 12.4 Å². The van der Waals surface area contributed by atoms with Gasteiger partial charge in [-0.05, 0) is 18.6 Å². The van der Waals surface area contributed by atoms with Gasteiger partial charge in [0.1, 0.15) is 11.3 Å². The third-order valence-electron chi connectivity index (χ3n) is 2.11. The molecule has 1 atom stereocenters. The molecule has 0 aliphatic carbocycles. The van der Waals surface area contributed by atoms with Crippen LogP contribution in [0.15, 0.2) is 12.1 Å². The first-order chi connectivity index (χ1) is 6.97. The van der Waals surface area contributed by atoms with E-state index < -0.39 is 12.0 Å². The van der Waals surface area contributed by atoms with E-state index in [0.717, 1.165) is 0 Å². The number of halogens is 1. The van der Waals surface area contributed by atoms with Crippen molar-refractivity contribution in [2.75, 3.05) is 6.61 Å². The second-order valence-electron chi connectivity index (χ2n) is 3.34. The molecule has 5 nitrogen and oxygen atoms in total. The third kappa shape index (κ3) is 2.85. The average molecular weight is 248 g/mol. The summed E-state index contributed by atoms with van der Waals surface area (Å²) in [6, 6.07) is 2.14. The largest absolute Gasteiger partial charge is 0.507 e. The number of nitrogens with two attached hydrogens (primary N) is 1. The number of aliphatic hydroxyl groups is 1. The Bertz CT molecular complexity index is 395. The number of carbonyl (C=O) groups is 1. The van der Waals surface area contributed by atoms with Crippen LogP contribution in [-0.4, -0.2) is 27.9 Å². The smallest absolute Gasteiger partial charge is 0.339 e. The van der Waals surface area contributed by atoms with E-state index in [4.69, 9.17) is 15.9 Å². The highest BCUT2D eigenvalue weighted by Gasteiger charge is 2.18. The van der Waals surface area contributed by atoms with Gasteiger partial charge in [0, 0.05) is 5.56 Å². The van der Waals surface area contributed by atoms with Crippen LogP contribution in [0.4, 0.5) is 0 Å². The minimum absolute atomic E-state index is 0. The maximum absolute atomic E-state index is 10.8. The monoisotopic (exact) mass is 247 g/mol. The minimum atomic E-state index is -1.22. The molecule has 0 saturated carbocycles. The van der Waals surface area contributed by atoms with E-state index in [0.29, 0.717) is 5.56 Å². The van der Waals surface area contributed by atoms with Crippen LogP contribution in [0.1, 0.15) is 27.5 Å². The summed E-state index contributed by atoms with van der Waals surface area (Å²) in [5.41, 5.74) is 6.25. The first-order valence-electron chi connectivity index (χ1n) is 4.40. The fourth-order valence-corrected chi connectivity index (χ4v) is 1.35. The van der Waals surface area contributed by atoms with Crippen molar-refractivity contribution >= 4 is 18.4 Å². The zero-order chi connectivity index (χ0) is 11.6. The Morgan fingerprint density at radius 2 is 2.06 bits per heavy atom. The Labute approximate surface area is 98.9 Å². The van der Waals surface area contributed by atoms with E-state index in [1.807, 2.05) is 0 Å². The van der Waals surface area contributed by atoms with Crippen molar-refractivity contribution in [3.63, 3.8) is 0 Å². The molecule has 1 aromatic carbocycles. The third-order valence-corrected chi connectivity index (χ3v) is 2.11. The molecule has 5 N–H and O–H groups in total. The topological polar surface area (TPSA) is 104 Å². The van der Waals surface area contributed by atoms with Gasteiger partial charge < -0.3 is 21.1 Å². The highest BCUT2D eigenvalue weighted by Crippen LogP contribution is 2.28. The first kappa shape index (κ1) is 14.7. The molecule has 0 saturated heterocycles. The van der Waals surface area contributed by atoms with Crippen molar-refractivity contribution in [2.45, 2.75) is 13.0 Å². The number of benzene rings is 1. The lowest BCUT2D eigenvalue weighted by molar-refractivity contribution is 0.0693. The number of aliphatic hydroxyl groups excluding tert-OH is 1. The van der Waals surface area contributed by atoms with Gasteiger partial charge in [-0.2, -0.15) is 0 Å². The Balaban J connectivity index is 0.00000225. The predicted octanol–water partition coefficient (Wildman–Crippen LogP) is 0.813. The fourth-order valence-electron chi connectivity index (χ4n) is 1.35. The van der Waals surface area contributed by atoms with Crippen molar-refractivity contribution in [2.24, 2.45) is 5.73 Å². The molecule has 0 spiro atoms. The Hall–Kier alpha value is -1.30. The van der Waals surface area contributed by atoms with Crippen LogP contribution in [0.5, 0.6) is 5.75 Å². The normalized spacial score (nSPS) is 11.7. The van der Waals surface area contributed by atoms with Gasteiger partial charge in [-0.25, -0.2) is 4.79 Å². The van der Waals surface area contributed by atoms with Crippen molar-refractivity contribution < 1.29 is 20.1 Å². The SMILES string of the molecule is Cc1cc(C(=O)O)c(O)c([C@H](N)CO)c1.Cl. The molecule has 6 heteroatoms. The Morgan fingerprint density at radius 3 is 2.50 bits per heavy atom. The number of aryl methyl sites for hydroxylation is 1. The number of hydrogen-bond acceptors (Lipinski definition) is 4. The highest BCUT2D eigenvalue weighted by atomic mass is 35.5. The van der Waals surface area contributed by atoms with Gasteiger partial charge in [0.05, 0.1) is 12.6 Å². The van der Waals surface area contributed by atoms with Gasteiger partial charge in [0.25, 0.3) is 0 Å². The minimum Gasteiger partial charge on any atom is -0.507 e. The van der Waals surface area contributed by atoms with Gasteiger partial charge >= 0.3 is 5.97 Å². The fraction of sp³-hybridized carbons (Fsp3) is 0.300. The molecule has 0 amide bonds. The molecule has 0 bridgehead atoms. The van der Waals surface area contributed by atoms with E-state index in [9.17, 15) is 9.90 Å². The number of hydrogen-bond donors (Lipinski definition) is 4. The molecule has 0 aliphatic heterocycles. The van der Waals surface area contributed by atoms with Crippen LogP contribution in [0, 0.1) is 6.92 Å². The standard InChI is InChI=1S/C10H13NO4.ClH/c1-5-2-6(8(11)4-12)9(13)7(3-5)10(14)15;/h2-3,8,12-13H,4,11H2,1H3,(H,14,15);1H/t8-;/m1./s1. The van der Waals surface area contributed by atoms with Crippen molar-refractivity contribution in [1.82, 2.24) is 0 Å². The number of aromatic carboxylic acids is 1. The zero-order valence-corrected chi connectivity index (χ0v) is 9.49. The van der Waals surface area contributed by atoms with E-state index >= 15 is 0 Å². The molecule has 0 aromatic heterocycles.